The molecule has 0 saturated heterocycles. The lowest BCUT2D eigenvalue weighted by molar-refractivity contribution is -0.138. The van der Waals surface area contributed by atoms with Gasteiger partial charge in [0.15, 0.2) is 5.60 Å². The molecule has 11 heteroatoms. The minimum absolute atomic E-state index is 0.00428. The molecule has 0 radical (unpaired) electrons. The van der Waals surface area contributed by atoms with Crippen molar-refractivity contribution in [2.75, 3.05) is 25.1 Å². The highest BCUT2D eigenvalue weighted by Gasteiger charge is 2.58. The van der Waals surface area contributed by atoms with Gasteiger partial charge in [0, 0.05) is 25.9 Å². The minimum atomic E-state index is -4.84. The molecule has 34 heavy (non-hydrogen) atoms. The molecule has 1 N–H and O–H groups in total. The summed E-state index contributed by atoms with van der Waals surface area (Å²) in [7, 11) is 0.964. The topological polar surface area (TPSA) is 94.2 Å². The number of carbonyl (C=O) groups is 3. The molecule has 0 unspecified atom stereocenters. The summed E-state index contributed by atoms with van der Waals surface area (Å²) in [6.45, 7) is -0.0510. The highest BCUT2D eigenvalue weighted by molar-refractivity contribution is 6.06. The van der Waals surface area contributed by atoms with Crippen LogP contribution in [0.15, 0.2) is 42.5 Å². The number of methoxy groups -OCH3 is 1. The summed E-state index contributed by atoms with van der Waals surface area (Å²) in [5.41, 5.74) is -2.39. The van der Waals surface area contributed by atoms with Gasteiger partial charge in [-0.3, -0.25) is 4.79 Å². The van der Waals surface area contributed by atoms with Gasteiger partial charge in [-0.2, -0.15) is 13.2 Å². The lowest BCUT2D eigenvalue weighted by atomic mass is 10.0. The quantitative estimate of drug-likeness (QED) is 0.637. The number of hydrogen-bond donors (Lipinski definition) is 1. The first kappa shape index (κ1) is 23.4. The number of halogens is 3. The van der Waals surface area contributed by atoms with Gasteiger partial charge in [-0.1, -0.05) is 30.3 Å². The number of ether oxygens (including phenoxy) is 3. The Bertz CT molecular complexity index is 1120. The van der Waals surface area contributed by atoms with Gasteiger partial charge in [-0.05, 0) is 17.7 Å². The van der Waals surface area contributed by atoms with Gasteiger partial charge in [-0.25, -0.2) is 9.59 Å². The number of anilines is 1. The van der Waals surface area contributed by atoms with Crippen molar-refractivity contribution in [2.24, 2.45) is 0 Å². The van der Waals surface area contributed by atoms with Gasteiger partial charge in [-0.15, -0.1) is 0 Å². The predicted octanol–water partition coefficient (Wildman–Crippen LogP) is 3.68. The Hall–Kier alpha value is -3.76. The molecule has 2 aromatic rings. The molecule has 1 saturated carbocycles. The van der Waals surface area contributed by atoms with Crippen LogP contribution in [0, 0.1) is 0 Å². The largest absolute Gasteiger partial charge is 0.475 e. The number of fused-ring (bicyclic) bond motifs is 1. The van der Waals surface area contributed by atoms with E-state index in [0.717, 1.165) is 18.7 Å². The third kappa shape index (κ3) is 4.63. The van der Waals surface area contributed by atoms with Crippen molar-refractivity contribution in [3.63, 3.8) is 0 Å². The first-order valence-corrected chi connectivity index (χ1v) is 10.4. The monoisotopic (exact) mass is 478 g/mol. The van der Waals surface area contributed by atoms with Crippen LogP contribution >= 0.6 is 0 Å². The van der Waals surface area contributed by atoms with E-state index in [2.05, 4.69) is 10.1 Å². The fourth-order valence-electron chi connectivity index (χ4n) is 3.68. The summed E-state index contributed by atoms with van der Waals surface area (Å²) in [5.74, 6) is -1.81. The highest BCUT2D eigenvalue weighted by atomic mass is 19.4. The zero-order valence-corrected chi connectivity index (χ0v) is 18.1. The number of amides is 2. The lowest BCUT2D eigenvalue weighted by Crippen LogP contribution is -2.50. The van der Waals surface area contributed by atoms with Crippen LogP contribution in [0.4, 0.5) is 23.7 Å². The molecule has 180 valence electrons. The number of hydrogen-bond acceptors (Lipinski definition) is 6. The molecular formula is C23H21F3N2O6. The maximum atomic E-state index is 13.6. The van der Waals surface area contributed by atoms with E-state index in [-0.39, 0.29) is 31.1 Å². The molecule has 1 fully saturated rings. The Labute approximate surface area is 192 Å². The Balaban J connectivity index is 1.52. The zero-order chi connectivity index (χ0) is 24.5. The SMILES string of the molecule is COC(=O)c1cc2c(cc1C(F)(F)F)OC1(CC1)C(=O)N2CCNC(=O)OCc1ccccc1. The molecule has 1 spiro atoms. The Kier molecular flexibility index (Phi) is 6.11. The maximum absolute atomic E-state index is 13.6. The third-order valence-electron chi connectivity index (χ3n) is 5.56. The van der Waals surface area contributed by atoms with Crippen molar-refractivity contribution in [1.82, 2.24) is 5.32 Å². The molecule has 0 aromatic heterocycles. The van der Waals surface area contributed by atoms with Gasteiger partial charge in [0.1, 0.15) is 12.4 Å². The third-order valence-corrected chi connectivity index (χ3v) is 5.56. The van der Waals surface area contributed by atoms with E-state index in [9.17, 15) is 27.6 Å². The fraction of sp³-hybridized carbons (Fsp3) is 0.348. The van der Waals surface area contributed by atoms with Crippen molar-refractivity contribution >= 4 is 23.7 Å². The Morgan fingerprint density at radius 1 is 1.18 bits per heavy atom. The minimum Gasteiger partial charge on any atom is -0.475 e. The van der Waals surface area contributed by atoms with Gasteiger partial charge < -0.3 is 24.4 Å². The number of alkyl halides is 3. The van der Waals surface area contributed by atoms with Crippen LogP contribution in [0.2, 0.25) is 0 Å². The second kappa shape index (κ2) is 8.88. The first-order chi connectivity index (χ1) is 16.1. The summed E-state index contributed by atoms with van der Waals surface area (Å²) in [6.07, 6.45) is -4.84. The van der Waals surface area contributed by atoms with E-state index >= 15 is 0 Å². The van der Waals surface area contributed by atoms with Crippen molar-refractivity contribution < 1.29 is 41.8 Å². The van der Waals surface area contributed by atoms with Gasteiger partial charge >= 0.3 is 18.2 Å². The van der Waals surface area contributed by atoms with Gasteiger partial charge in [0.2, 0.25) is 0 Å². The van der Waals surface area contributed by atoms with Crippen LogP contribution in [0.1, 0.15) is 34.3 Å². The molecule has 8 nitrogen and oxygen atoms in total. The molecule has 0 atom stereocenters. The summed E-state index contributed by atoms with van der Waals surface area (Å²) in [6, 6.07) is 10.7. The number of benzene rings is 2. The molecule has 2 aliphatic rings. The lowest BCUT2D eigenvalue weighted by Gasteiger charge is -2.35. The van der Waals surface area contributed by atoms with Crippen LogP contribution in [-0.4, -0.2) is 43.8 Å². The predicted molar refractivity (Wildman–Crippen MR) is 112 cm³/mol. The van der Waals surface area contributed by atoms with Crippen LogP contribution < -0.4 is 15.0 Å². The molecule has 2 aromatic carbocycles. The normalized spacial score (nSPS) is 15.9. The van der Waals surface area contributed by atoms with E-state index in [0.29, 0.717) is 18.9 Å². The van der Waals surface area contributed by atoms with E-state index in [1.54, 1.807) is 24.3 Å². The summed E-state index contributed by atoms with van der Waals surface area (Å²) in [4.78, 5) is 38.3. The number of esters is 1. The van der Waals surface area contributed by atoms with E-state index in [4.69, 9.17) is 9.47 Å². The zero-order valence-electron chi connectivity index (χ0n) is 18.1. The molecule has 1 heterocycles. The molecule has 2 amide bonds. The maximum Gasteiger partial charge on any atom is 0.417 e. The van der Waals surface area contributed by atoms with Crippen LogP contribution in [-0.2, 0) is 27.1 Å². The number of carbonyl (C=O) groups excluding carboxylic acids is 3. The summed E-state index contributed by atoms with van der Waals surface area (Å²) >= 11 is 0. The number of rotatable bonds is 6. The highest BCUT2D eigenvalue weighted by Crippen LogP contribution is 2.51. The van der Waals surface area contributed by atoms with Crippen molar-refractivity contribution in [3.8, 4) is 5.75 Å². The van der Waals surface area contributed by atoms with E-state index in [1.807, 2.05) is 6.07 Å². The van der Waals surface area contributed by atoms with Crippen LogP contribution in [0.3, 0.4) is 0 Å². The molecule has 4 rings (SSSR count). The second-order valence-corrected chi connectivity index (χ2v) is 7.90. The van der Waals surface area contributed by atoms with E-state index in [1.165, 1.54) is 4.90 Å². The smallest absolute Gasteiger partial charge is 0.417 e. The molecular weight excluding hydrogens is 457 g/mol. The molecule has 0 bridgehead atoms. The second-order valence-electron chi connectivity index (χ2n) is 7.90. The van der Waals surface area contributed by atoms with Gasteiger partial charge in [0.05, 0.1) is 23.9 Å². The number of nitrogens with one attached hydrogen (secondary N) is 1. The average molecular weight is 478 g/mol. The Morgan fingerprint density at radius 3 is 2.50 bits per heavy atom. The number of alkyl carbamates (subject to hydrolysis) is 1. The summed E-state index contributed by atoms with van der Waals surface area (Å²) in [5, 5.41) is 2.52. The van der Waals surface area contributed by atoms with E-state index < -0.39 is 40.9 Å². The fourth-order valence-corrected chi connectivity index (χ4v) is 3.68. The first-order valence-electron chi connectivity index (χ1n) is 10.4. The Morgan fingerprint density at radius 2 is 1.88 bits per heavy atom. The van der Waals surface area contributed by atoms with Crippen molar-refractivity contribution in [3.05, 3.63) is 59.2 Å². The average Bonchev–Trinajstić information content (AvgIpc) is 3.59. The van der Waals surface area contributed by atoms with Crippen molar-refractivity contribution in [2.45, 2.75) is 31.2 Å². The van der Waals surface area contributed by atoms with Crippen molar-refractivity contribution in [1.29, 1.82) is 0 Å². The summed E-state index contributed by atoms with van der Waals surface area (Å²) < 4.78 is 56.0. The molecule has 1 aliphatic heterocycles. The van der Waals surface area contributed by atoms with Crippen LogP contribution in [0.25, 0.3) is 0 Å². The van der Waals surface area contributed by atoms with Crippen LogP contribution in [0.5, 0.6) is 5.75 Å². The number of nitrogens with zero attached hydrogens (tertiary/aromatic N) is 1. The standard InChI is InChI=1S/C23H21F3N2O6/c1-32-19(29)15-11-17-18(12-16(15)23(24,25)26)34-22(7-8-22)20(30)28(17)10-9-27-21(31)33-13-14-5-3-2-4-6-14/h2-6,11-12H,7-10,13H2,1H3,(H,27,31). The van der Waals surface area contributed by atoms with Gasteiger partial charge in [0.25, 0.3) is 5.91 Å². The molecule has 1 aliphatic carbocycles.